The van der Waals surface area contributed by atoms with E-state index in [0.717, 1.165) is 11.1 Å². The van der Waals surface area contributed by atoms with E-state index in [1.54, 1.807) is 4.90 Å². The van der Waals surface area contributed by atoms with Crippen molar-refractivity contribution >= 4 is 12.0 Å². The third-order valence-electron chi connectivity index (χ3n) is 4.93. The van der Waals surface area contributed by atoms with Crippen LogP contribution in [0.3, 0.4) is 0 Å². The van der Waals surface area contributed by atoms with Gasteiger partial charge >= 0.3 is 12.0 Å². The van der Waals surface area contributed by atoms with Crippen molar-refractivity contribution in [2.24, 2.45) is 5.92 Å². The van der Waals surface area contributed by atoms with Gasteiger partial charge in [-0.05, 0) is 45.1 Å². The van der Waals surface area contributed by atoms with Crippen LogP contribution >= 0.6 is 0 Å². The smallest absolute Gasteiger partial charge is 0.317 e. The van der Waals surface area contributed by atoms with Crippen molar-refractivity contribution in [2.45, 2.75) is 51.7 Å². The molecule has 1 aromatic carbocycles. The summed E-state index contributed by atoms with van der Waals surface area (Å²) >= 11 is 0. The van der Waals surface area contributed by atoms with Crippen LogP contribution in [0.5, 0.6) is 0 Å². The Bertz CT molecular complexity index is 580. The van der Waals surface area contributed by atoms with Gasteiger partial charge in [0.1, 0.15) is 0 Å². The third kappa shape index (κ3) is 5.46. The molecule has 25 heavy (non-hydrogen) atoms. The lowest BCUT2D eigenvalue weighted by Crippen LogP contribution is -2.47. The summed E-state index contributed by atoms with van der Waals surface area (Å²) in [4.78, 5) is 25.0. The number of hydrogen-bond acceptors (Lipinski definition) is 3. The molecular formula is C19H28N2O4. The van der Waals surface area contributed by atoms with Crippen LogP contribution in [-0.2, 0) is 4.79 Å². The van der Waals surface area contributed by atoms with Gasteiger partial charge < -0.3 is 20.4 Å². The van der Waals surface area contributed by atoms with E-state index >= 15 is 0 Å². The van der Waals surface area contributed by atoms with E-state index in [4.69, 9.17) is 5.11 Å². The molecular weight excluding hydrogens is 320 g/mol. The molecule has 0 aromatic heterocycles. The Labute approximate surface area is 148 Å². The van der Waals surface area contributed by atoms with E-state index in [0.29, 0.717) is 32.2 Å². The quantitative estimate of drug-likeness (QED) is 0.737. The van der Waals surface area contributed by atoms with E-state index in [2.05, 4.69) is 5.32 Å². The predicted octanol–water partition coefficient (Wildman–Crippen LogP) is 2.70. The number of likely N-dealkylation sites (N-methyl/N-ethyl adjacent to an activating group) is 1. The predicted molar refractivity (Wildman–Crippen MR) is 95.3 cm³/mol. The van der Waals surface area contributed by atoms with Gasteiger partial charge in [0.05, 0.1) is 18.6 Å². The van der Waals surface area contributed by atoms with Crippen molar-refractivity contribution in [1.82, 2.24) is 10.2 Å². The molecule has 0 aliphatic heterocycles. The van der Waals surface area contributed by atoms with Gasteiger partial charge in [-0.15, -0.1) is 0 Å². The molecule has 6 nitrogen and oxygen atoms in total. The van der Waals surface area contributed by atoms with E-state index in [-0.39, 0.29) is 24.5 Å². The third-order valence-corrected chi connectivity index (χ3v) is 4.93. The number of aliphatic hydroxyl groups excluding tert-OH is 1. The van der Waals surface area contributed by atoms with Gasteiger partial charge in [0.25, 0.3) is 0 Å². The van der Waals surface area contributed by atoms with Crippen LogP contribution < -0.4 is 5.32 Å². The lowest BCUT2D eigenvalue weighted by molar-refractivity contribution is -0.142. The van der Waals surface area contributed by atoms with Crippen molar-refractivity contribution in [3.8, 4) is 0 Å². The van der Waals surface area contributed by atoms with Crippen LogP contribution in [0.15, 0.2) is 24.3 Å². The molecule has 0 radical (unpaired) electrons. The number of benzene rings is 1. The number of amides is 2. The maximum Gasteiger partial charge on any atom is 0.317 e. The van der Waals surface area contributed by atoms with Crippen molar-refractivity contribution in [2.75, 3.05) is 13.1 Å². The fourth-order valence-electron chi connectivity index (χ4n) is 3.21. The summed E-state index contributed by atoms with van der Waals surface area (Å²) in [7, 11) is 0. The maximum atomic E-state index is 12.5. The second-order valence-electron chi connectivity index (χ2n) is 6.80. The standard InChI is InChI=1S/C19H28N2O4/c1-3-21(12-17(22)14-6-4-13(2)5-7-14)19(25)20-16-10-8-15(9-11-16)18(23)24/h4-7,15-17,22H,3,8-12H2,1-2H3,(H,20,25)(H,23,24). The Hall–Kier alpha value is -2.08. The first-order valence-electron chi connectivity index (χ1n) is 8.93. The summed E-state index contributed by atoms with van der Waals surface area (Å²) in [5.74, 6) is -1.04. The van der Waals surface area contributed by atoms with Gasteiger partial charge in [-0.3, -0.25) is 4.79 Å². The molecule has 138 valence electrons. The number of aryl methyl sites for hydroxylation is 1. The average Bonchev–Trinajstić information content (AvgIpc) is 2.60. The van der Waals surface area contributed by atoms with Crippen LogP contribution in [0.2, 0.25) is 0 Å². The van der Waals surface area contributed by atoms with Crippen molar-refractivity contribution < 1.29 is 19.8 Å². The first-order valence-corrected chi connectivity index (χ1v) is 8.93. The van der Waals surface area contributed by atoms with E-state index < -0.39 is 12.1 Å². The highest BCUT2D eigenvalue weighted by Gasteiger charge is 2.28. The number of aliphatic hydroxyl groups is 1. The van der Waals surface area contributed by atoms with Crippen LogP contribution in [0.4, 0.5) is 4.79 Å². The second kappa shape index (κ2) is 8.85. The molecule has 1 atom stereocenters. The Morgan fingerprint density at radius 2 is 1.80 bits per heavy atom. The van der Waals surface area contributed by atoms with Crippen LogP contribution in [0.25, 0.3) is 0 Å². The molecule has 0 bridgehead atoms. The molecule has 2 amide bonds. The van der Waals surface area contributed by atoms with Gasteiger partial charge in [-0.2, -0.15) is 0 Å². The van der Waals surface area contributed by atoms with Gasteiger partial charge in [-0.1, -0.05) is 29.8 Å². The summed E-state index contributed by atoms with van der Waals surface area (Å²) in [5, 5.41) is 22.4. The second-order valence-corrected chi connectivity index (χ2v) is 6.80. The molecule has 1 aliphatic rings. The monoisotopic (exact) mass is 348 g/mol. The van der Waals surface area contributed by atoms with Gasteiger partial charge in [0.2, 0.25) is 0 Å². The Morgan fingerprint density at radius 3 is 2.32 bits per heavy atom. The molecule has 0 saturated heterocycles. The Morgan fingerprint density at radius 1 is 1.20 bits per heavy atom. The van der Waals surface area contributed by atoms with Crippen molar-refractivity contribution in [3.63, 3.8) is 0 Å². The highest BCUT2D eigenvalue weighted by Crippen LogP contribution is 2.24. The fraction of sp³-hybridized carbons (Fsp3) is 0.579. The number of carbonyl (C=O) groups excluding carboxylic acids is 1. The highest BCUT2D eigenvalue weighted by atomic mass is 16.4. The van der Waals surface area contributed by atoms with Crippen molar-refractivity contribution in [3.05, 3.63) is 35.4 Å². The summed E-state index contributed by atoms with van der Waals surface area (Å²) in [5.41, 5.74) is 1.91. The average molecular weight is 348 g/mol. The molecule has 6 heteroatoms. The molecule has 0 spiro atoms. The number of aliphatic carboxylic acids is 1. The number of rotatable bonds is 6. The number of nitrogens with zero attached hydrogens (tertiary/aromatic N) is 1. The summed E-state index contributed by atoms with van der Waals surface area (Å²) < 4.78 is 0. The molecule has 0 heterocycles. The van der Waals surface area contributed by atoms with E-state index in [9.17, 15) is 14.7 Å². The number of carbonyl (C=O) groups is 2. The zero-order valence-corrected chi connectivity index (χ0v) is 14.9. The van der Waals surface area contributed by atoms with E-state index in [1.807, 2.05) is 38.1 Å². The number of carboxylic acid groups (broad SMARTS) is 1. The molecule has 1 saturated carbocycles. The normalized spacial score (nSPS) is 21.4. The fourth-order valence-corrected chi connectivity index (χ4v) is 3.21. The Kier molecular flexibility index (Phi) is 6.82. The van der Waals surface area contributed by atoms with Gasteiger partial charge in [0, 0.05) is 12.6 Å². The lowest BCUT2D eigenvalue weighted by Gasteiger charge is -2.30. The molecule has 1 aromatic rings. The first-order chi connectivity index (χ1) is 11.9. The van der Waals surface area contributed by atoms with Crippen molar-refractivity contribution in [1.29, 1.82) is 0 Å². The summed E-state index contributed by atoms with van der Waals surface area (Å²) in [6.07, 6.45) is 1.83. The largest absolute Gasteiger partial charge is 0.481 e. The molecule has 3 N–H and O–H groups in total. The van der Waals surface area contributed by atoms with E-state index in [1.165, 1.54) is 0 Å². The highest BCUT2D eigenvalue weighted by molar-refractivity contribution is 5.74. The minimum atomic E-state index is -0.749. The molecule has 1 unspecified atom stereocenters. The lowest BCUT2D eigenvalue weighted by atomic mass is 9.86. The summed E-state index contributed by atoms with van der Waals surface area (Å²) in [6, 6.07) is 7.44. The number of carboxylic acids is 1. The minimum Gasteiger partial charge on any atom is -0.481 e. The number of nitrogens with one attached hydrogen (secondary N) is 1. The van der Waals surface area contributed by atoms with Gasteiger partial charge in [0.15, 0.2) is 0 Å². The number of hydrogen-bond donors (Lipinski definition) is 3. The Balaban J connectivity index is 1.86. The number of urea groups is 1. The van der Waals surface area contributed by atoms with Crippen LogP contribution in [0.1, 0.15) is 49.8 Å². The minimum absolute atomic E-state index is 0.00803. The zero-order chi connectivity index (χ0) is 18.4. The van der Waals surface area contributed by atoms with Crippen LogP contribution in [-0.4, -0.2) is 46.2 Å². The maximum absolute atomic E-state index is 12.5. The summed E-state index contributed by atoms with van der Waals surface area (Å²) in [6.45, 7) is 4.60. The topological polar surface area (TPSA) is 89.9 Å². The van der Waals surface area contributed by atoms with Crippen LogP contribution in [0, 0.1) is 12.8 Å². The first kappa shape index (κ1) is 19.2. The molecule has 2 rings (SSSR count). The molecule has 1 fully saturated rings. The molecule has 1 aliphatic carbocycles. The zero-order valence-electron chi connectivity index (χ0n) is 14.9. The SMILES string of the molecule is CCN(CC(O)c1ccc(C)cc1)C(=O)NC1CCC(C(=O)O)CC1. The van der Waals surface area contributed by atoms with Gasteiger partial charge in [-0.25, -0.2) is 4.79 Å².